The van der Waals surface area contributed by atoms with E-state index in [1.54, 1.807) is 0 Å². The van der Waals surface area contributed by atoms with Gasteiger partial charge in [0.1, 0.15) is 0 Å². The first-order chi connectivity index (χ1) is 8.40. The molecule has 0 aromatic heterocycles. The molecule has 1 unspecified atom stereocenters. The highest BCUT2D eigenvalue weighted by molar-refractivity contribution is 5.74. The van der Waals surface area contributed by atoms with Crippen LogP contribution in [-0.2, 0) is 4.79 Å². The Bertz CT molecular complexity index is 313. The van der Waals surface area contributed by atoms with Crippen molar-refractivity contribution in [1.82, 2.24) is 9.80 Å². The Morgan fingerprint density at radius 3 is 2.72 bits per heavy atom. The molecular formula is C11H18F2N2O3. The third kappa shape index (κ3) is 4.46. The van der Waals surface area contributed by atoms with Crippen LogP contribution in [0.15, 0.2) is 0 Å². The van der Waals surface area contributed by atoms with E-state index in [1.807, 2.05) is 0 Å². The number of halogens is 2. The number of carboxylic acid groups (broad SMARTS) is 1. The highest BCUT2D eigenvalue weighted by Gasteiger charge is 2.27. The second-order valence-corrected chi connectivity index (χ2v) is 4.61. The third-order valence-electron chi connectivity index (χ3n) is 2.99. The van der Waals surface area contributed by atoms with Crippen molar-refractivity contribution in [1.29, 1.82) is 0 Å². The fourth-order valence-corrected chi connectivity index (χ4v) is 2.18. The Morgan fingerprint density at radius 1 is 1.50 bits per heavy atom. The van der Waals surface area contributed by atoms with Gasteiger partial charge in [0.15, 0.2) is 0 Å². The van der Waals surface area contributed by atoms with E-state index < -0.39 is 25.0 Å². The Hall–Kier alpha value is -1.40. The number of urea groups is 1. The smallest absolute Gasteiger partial charge is 0.319 e. The minimum Gasteiger partial charge on any atom is -0.481 e. The van der Waals surface area contributed by atoms with Crippen LogP contribution in [0.3, 0.4) is 0 Å². The van der Waals surface area contributed by atoms with Crippen LogP contribution < -0.4 is 0 Å². The summed E-state index contributed by atoms with van der Waals surface area (Å²) in [5.74, 6) is -0.976. The van der Waals surface area contributed by atoms with E-state index >= 15 is 0 Å². The summed E-state index contributed by atoms with van der Waals surface area (Å²) in [6, 6.07) is -0.453. The average molecular weight is 264 g/mol. The molecule has 1 saturated heterocycles. The zero-order valence-electron chi connectivity index (χ0n) is 10.3. The molecule has 0 saturated carbocycles. The zero-order valence-corrected chi connectivity index (χ0v) is 10.3. The molecule has 0 radical (unpaired) electrons. The summed E-state index contributed by atoms with van der Waals surface area (Å²) in [7, 11) is 1.33. The number of piperidine rings is 1. The predicted octanol–water partition coefficient (Wildman–Crippen LogP) is 1.49. The summed E-state index contributed by atoms with van der Waals surface area (Å²) in [5.41, 5.74) is 0. The highest BCUT2D eigenvalue weighted by atomic mass is 19.3. The van der Waals surface area contributed by atoms with Crippen LogP contribution in [0.4, 0.5) is 13.6 Å². The number of alkyl halides is 2. The van der Waals surface area contributed by atoms with Crippen LogP contribution in [0, 0.1) is 5.92 Å². The summed E-state index contributed by atoms with van der Waals surface area (Å²) in [6.07, 6.45) is -1.07. The van der Waals surface area contributed by atoms with Crippen LogP contribution in [0.2, 0.25) is 0 Å². The van der Waals surface area contributed by atoms with Gasteiger partial charge in [0, 0.05) is 26.6 Å². The summed E-state index contributed by atoms with van der Waals surface area (Å²) in [6.45, 7) is 0.236. The van der Waals surface area contributed by atoms with Gasteiger partial charge in [0.05, 0.1) is 6.54 Å². The second-order valence-electron chi connectivity index (χ2n) is 4.61. The van der Waals surface area contributed by atoms with Gasteiger partial charge in [-0.25, -0.2) is 13.6 Å². The quantitative estimate of drug-likeness (QED) is 0.836. The number of nitrogens with zero attached hydrogens (tertiary/aromatic N) is 2. The van der Waals surface area contributed by atoms with Gasteiger partial charge in [0.2, 0.25) is 0 Å². The highest BCUT2D eigenvalue weighted by Crippen LogP contribution is 2.20. The lowest BCUT2D eigenvalue weighted by Gasteiger charge is -2.34. The molecule has 1 atom stereocenters. The molecule has 0 aromatic carbocycles. The van der Waals surface area contributed by atoms with E-state index in [4.69, 9.17) is 5.11 Å². The number of hydrogen-bond acceptors (Lipinski definition) is 2. The van der Waals surface area contributed by atoms with Gasteiger partial charge >= 0.3 is 12.0 Å². The van der Waals surface area contributed by atoms with Crippen molar-refractivity contribution in [2.24, 2.45) is 5.92 Å². The fourth-order valence-electron chi connectivity index (χ4n) is 2.18. The van der Waals surface area contributed by atoms with Crippen LogP contribution >= 0.6 is 0 Å². The van der Waals surface area contributed by atoms with Crippen LogP contribution in [0.1, 0.15) is 19.3 Å². The molecule has 104 valence electrons. The van der Waals surface area contributed by atoms with Crippen molar-refractivity contribution in [3.8, 4) is 0 Å². The summed E-state index contributed by atoms with van der Waals surface area (Å²) < 4.78 is 24.3. The second kappa shape index (κ2) is 6.51. The molecule has 1 N–H and O–H groups in total. The molecule has 7 heteroatoms. The lowest BCUT2D eigenvalue weighted by Crippen LogP contribution is -2.47. The number of likely N-dealkylation sites (tertiary alicyclic amines) is 1. The molecule has 1 fully saturated rings. The molecule has 0 bridgehead atoms. The molecular weight excluding hydrogens is 246 g/mol. The number of amides is 2. The van der Waals surface area contributed by atoms with E-state index in [1.165, 1.54) is 11.9 Å². The minimum absolute atomic E-state index is 0.0162. The van der Waals surface area contributed by atoms with Gasteiger partial charge in [-0.3, -0.25) is 4.79 Å². The van der Waals surface area contributed by atoms with E-state index in [0.29, 0.717) is 19.5 Å². The van der Waals surface area contributed by atoms with E-state index in [-0.39, 0.29) is 12.3 Å². The topological polar surface area (TPSA) is 60.9 Å². The van der Waals surface area contributed by atoms with Crippen molar-refractivity contribution in [2.75, 3.05) is 26.7 Å². The lowest BCUT2D eigenvalue weighted by atomic mass is 9.95. The Labute approximate surface area is 104 Å². The number of carbonyl (C=O) groups excluding carboxylic acids is 1. The number of carbonyl (C=O) groups is 2. The Morgan fingerprint density at radius 2 is 2.17 bits per heavy atom. The maximum atomic E-state index is 12.2. The van der Waals surface area contributed by atoms with Crippen molar-refractivity contribution < 1.29 is 23.5 Å². The predicted molar refractivity (Wildman–Crippen MR) is 60.6 cm³/mol. The largest absolute Gasteiger partial charge is 0.481 e. The molecule has 18 heavy (non-hydrogen) atoms. The molecule has 1 heterocycles. The maximum absolute atomic E-state index is 12.2. The molecule has 1 rings (SSSR count). The van der Waals surface area contributed by atoms with E-state index in [0.717, 1.165) is 11.3 Å². The molecule has 1 aliphatic heterocycles. The fraction of sp³-hybridized carbons (Fsp3) is 0.818. The zero-order chi connectivity index (χ0) is 13.7. The number of carboxylic acids is 1. The van der Waals surface area contributed by atoms with Crippen LogP contribution in [-0.4, -0.2) is 60.0 Å². The molecule has 0 aliphatic carbocycles. The number of hydrogen-bond donors (Lipinski definition) is 1. The molecule has 0 spiro atoms. The maximum Gasteiger partial charge on any atom is 0.319 e. The standard InChI is InChI=1S/C11H18F2N2O3/c1-14(7-9(12)13)11(18)15-4-2-3-8(6-15)5-10(16)17/h8-9H,2-7H2,1H3,(H,16,17). The van der Waals surface area contributed by atoms with Gasteiger partial charge in [-0.05, 0) is 18.8 Å². The molecule has 5 nitrogen and oxygen atoms in total. The van der Waals surface area contributed by atoms with Crippen LogP contribution in [0.5, 0.6) is 0 Å². The number of rotatable bonds is 4. The van der Waals surface area contributed by atoms with Crippen molar-refractivity contribution in [3.63, 3.8) is 0 Å². The molecule has 1 aliphatic rings. The first-order valence-corrected chi connectivity index (χ1v) is 5.90. The summed E-state index contributed by atoms with van der Waals surface area (Å²) in [4.78, 5) is 24.9. The summed E-state index contributed by atoms with van der Waals surface area (Å²) >= 11 is 0. The van der Waals surface area contributed by atoms with Crippen LogP contribution in [0.25, 0.3) is 0 Å². The van der Waals surface area contributed by atoms with Crippen molar-refractivity contribution in [3.05, 3.63) is 0 Å². The minimum atomic E-state index is -2.56. The first-order valence-electron chi connectivity index (χ1n) is 5.90. The monoisotopic (exact) mass is 264 g/mol. The Balaban J connectivity index is 2.49. The lowest BCUT2D eigenvalue weighted by molar-refractivity contribution is -0.138. The van der Waals surface area contributed by atoms with Gasteiger partial charge < -0.3 is 14.9 Å². The number of aliphatic carboxylic acids is 1. The van der Waals surface area contributed by atoms with E-state index in [2.05, 4.69) is 0 Å². The normalized spacial score (nSPS) is 20.0. The molecule has 2 amide bonds. The average Bonchev–Trinajstić information content (AvgIpc) is 2.26. The van der Waals surface area contributed by atoms with Gasteiger partial charge in [-0.1, -0.05) is 0 Å². The Kier molecular flexibility index (Phi) is 5.30. The van der Waals surface area contributed by atoms with Crippen molar-refractivity contribution in [2.45, 2.75) is 25.7 Å². The van der Waals surface area contributed by atoms with Gasteiger partial charge in [-0.2, -0.15) is 0 Å². The van der Waals surface area contributed by atoms with Crippen molar-refractivity contribution >= 4 is 12.0 Å². The first kappa shape index (κ1) is 14.7. The third-order valence-corrected chi connectivity index (χ3v) is 2.99. The summed E-state index contributed by atoms with van der Waals surface area (Å²) in [5, 5.41) is 8.71. The SMILES string of the molecule is CN(CC(F)F)C(=O)N1CCCC(CC(=O)O)C1. The molecule has 0 aromatic rings. The van der Waals surface area contributed by atoms with E-state index in [9.17, 15) is 18.4 Å². The van der Waals surface area contributed by atoms with Gasteiger partial charge in [-0.15, -0.1) is 0 Å². The van der Waals surface area contributed by atoms with Gasteiger partial charge in [0.25, 0.3) is 6.43 Å².